The molecule has 1 atom stereocenters. The van der Waals surface area contributed by atoms with Crippen LogP contribution in [0.3, 0.4) is 0 Å². The van der Waals surface area contributed by atoms with Crippen LogP contribution in [-0.4, -0.2) is 21.9 Å². The molecule has 0 radical (unpaired) electrons. The number of hydrogen-bond donors (Lipinski definition) is 1. The molecule has 4 heteroatoms. The van der Waals surface area contributed by atoms with Gasteiger partial charge in [-0.05, 0) is 18.6 Å². The van der Waals surface area contributed by atoms with Crippen LogP contribution in [0.4, 0.5) is 0 Å². The van der Waals surface area contributed by atoms with Gasteiger partial charge >= 0.3 is 0 Å². The standard InChI is InChI=1S/C21H33NOS2/c1-2-3-4-5-6-7-8-9-10-11-14-18(23)17-24-21-22-19-15-12-13-16-20(19)25-21/h12-13,15-16,18,23H,2-11,14,17H2,1H3. The molecule has 1 aromatic carbocycles. The molecule has 0 aliphatic rings. The zero-order valence-electron chi connectivity index (χ0n) is 15.6. The van der Waals surface area contributed by atoms with E-state index in [0.29, 0.717) is 0 Å². The quantitative estimate of drug-likeness (QED) is 0.282. The van der Waals surface area contributed by atoms with Gasteiger partial charge in [0.15, 0.2) is 4.34 Å². The summed E-state index contributed by atoms with van der Waals surface area (Å²) >= 11 is 3.42. The van der Waals surface area contributed by atoms with Crippen LogP contribution in [-0.2, 0) is 0 Å². The van der Waals surface area contributed by atoms with Gasteiger partial charge in [0.25, 0.3) is 0 Å². The fourth-order valence-corrected chi connectivity index (χ4v) is 5.10. The van der Waals surface area contributed by atoms with Gasteiger partial charge in [-0.2, -0.15) is 0 Å². The predicted octanol–water partition coefficient (Wildman–Crippen LogP) is 7.06. The number of rotatable bonds is 14. The highest BCUT2D eigenvalue weighted by molar-refractivity contribution is 8.01. The molecular weight excluding hydrogens is 346 g/mol. The van der Waals surface area contributed by atoms with E-state index < -0.39 is 0 Å². The lowest BCUT2D eigenvalue weighted by molar-refractivity contribution is 0.185. The summed E-state index contributed by atoms with van der Waals surface area (Å²) in [6.45, 7) is 2.27. The van der Waals surface area contributed by atoms with Crippen molar-refractivity contribution in [2.24, 2.45) is 0 Å². The molecule has 1 heterocycles. The van der Waals surface area contributed by atoms with Crippen molar-refractivity contribution in [3.05, 3.63) is 24.3 Å². The minimum absolute atomic E-state index is 0.203. The van der Waals surface area contributed by atoms with Crippen molar-refractivity contribution in [3.63, 3.8) is 0 Å². The summed E-state index contributed by atoms with van der Waals surface area (Å²) < 4.78 is 2.30. The number of thioether (sulfide) groups is 1. The van der Waals surface area contributed by atoms with Gasteiger partial charge in [0.05, 0.1) is 16.3 Å². The second-order valence-electron chi connectivity index (χ2n) is 6.88. The normalized spacial score (nSPS) is 12.7. The zero-order chi connectivity index (χ0) is 17.7. The van der Waals surface area contributed by atoms with Gasteiger partial charge in [0.2, 0.25) is 0 Å². The van der Waals surface area contributed by atoms with E-state index in [0.717, 1.165) is 28.5 Å². The van der Waals surface area contributed by atoms with Crippen molar-refractivity contribution >= 4 is 33.3 Å². The van der Waals surface area contributed by atoms with Crippen molar-refractivity contribution in [3.8, 4) is 0 Å². The van der Waals surface area contributed by atoms with E-state index >= 15 is 0 Å². The molecule has 2 nitrogen and oxygen atoms in total. The van der Waals surface area contributed by atoms with Gasteiger partial charge in [0, 0.05) is 5.75 Å². The van der Waals surface area contributed by atoms with E-state index in [1.54, 1.807) is 23.1 Å². The van der Waals surface area contributed by atoms with Crippen LogP contribution in [0.5, 0.6) is 0 Å². The van der Waals surface area contributed by atoms with Gasteiger partial charge in [-0.1, -0.05) is 95.0 Å². The first-order valence-electron chi connectivity index (χ1n) is 9.96. The maximum absolute atomic E-state index is 10.2. The molecule has 0 aliphatic carbocycles. The van der Waals surface area contributed by atoms with E-state index in [9.17, 15) is 5.11 Å². The molecule has 1 aromatic heterocycles. The Morgan fingerprint density at radius 1 is 0.960 bits per heavy atom. The first-order valence-corrected chi connectivity index (χ1v) is 11.8. The number of aliphatic hydroxyl groups is 1. The molecule has 2 rings (SSSR count). The van der Waals surface area contributed by atoms with Crippen LogP contribution in [0.2, 0.25) is 0 Å². The SMILES string of the molecule is CCCCCCCCCCCCC(O)CSc1nc2ccccc2s1. The number of unbranched alkanes of at least 4 members (excludes halogenated alkanes) is 9. The van der Waals surface area contributed by atoms with E-state index in [1.807, 2.05) is 6.07 Å². The minimum Gasteiger partial charge on any atom is -0.392 e. The number of aliphatic hydroxyl groups excluding tert-OH is 1. The second-order valence-corrected chi connectivity index (χ2v) is 9.18. The highest BCUT2D eigenvalue weighted by Gasteiger charge is 2.08. The smallest absolute Gasteiger partial charge is 0.151 e. The van der Waals surface area contributed by atoms with Crippen LogP contribution < -0.4 is 0 Å². The van der Waals surface area contributed by atoms with Crippen LogP contribution in [0.15, 0.2) is 28.6 Å². The van der Waals surface area contributed by atoms with Gasteiger partial charge < -0.3 is 5.11 Å². The third kappa shape index (κ3) is 8.57. The summed E-state index contributed by atoms with van der Waals surface area (Å²) in [4.78, 5) is 4.61. The molecule has 0 spiro atoms. The Kier molecular flexibility index (Phi) is 10.5. The topological polar surface area (TPSA) is 33.1 Å². The van der Waals surface area contributed by atoms with E-state index in [-0.39, 0.29) is 6.10 Å². The second kappa shape index (κ2) is 12.7. The van der Waals surface area contributed by atoms with Crippen molar-refractivity contribution in [1.29, 1.82) is 0 Å². The molecule has 25 heavy (non-hydrogen) atoms. The first kappa shape index (κ1) is 20.7. The first-order chi connectivity index (χ1) is 12.3. The third-order valence-corrected chi connectivity index (χ3v) is 6.89. The van der Waals surface area contributed by atoms with Crippen LogP contribution in [0, 0.1) is 0 Å². The van der Waals surface area contributed by atoms with E-state index in [1.165, 1.54) is 62.5 Å². The number of nitrogens with zero attached hydrogens (tertiary/aromatic N) is 1. The Morgan fingerprint density at radius 3 is 2.28 bits per heavy atom. The zero-order valence-corrected chi connectivity index (χ0v) is 17.2. The molecule has 140 valence electrons. The molecule has 0 saturated carbocycles. The highest BCUT2D eigenvalue weighted by Crippen LogP contribution is 2.30. The van der Waals surface area contributed by atoms with Crippen molar-refractivity contribution in [2.45, 2.75) is 88.0 Å². The fraction of sp³-hybridized carbons (Fsp3) is 0.667. The lowest BCUT2D eigenvalue weighted by Crippen LogP contribution is -2.09. The number of thiazole rings is 1. The summed E-state index contributed by atoms with van der Waals surface area (Å²) in [6.07, 6.45) is 14.2. The lowest BCUT2D eigenvalue weighted by Gasteiger charge is -2.08. The van der Waals surface area contributed by atoms with E-state index in [2.05, 4.69) is 30.1 Å². The Bertz CT molecular complexity index is 551. The average Bonchev–Trinajstić information content (AvgIpc) is 3.04. The molecule has 1 unspecified atom stereocenters. The summed E-state index contributed by atoms with van der Waals surface area (Å²) in [5.74, 6) is 0.761. The average molecular weight is 380 g/mol. The lowest BCUT2D eigenvalue weighted by atomic mass is 10.1. The molecule has 0 bridgehead atoms. The van der Waals surface area contributed by atoms with Crippen molar-refractivity contribution in [2.75, 3.05) is 5.75 Å². The van der Waals surface area contributed by atoms with E-state index in [4.69, 9.17) is 0 Å². The van der Waals surface area contributed by atoms with Crippen molar-refractivity contribution in [1.82, 2.24) is 4.98 Å². The maximum atomic E-state index is 10.2. The Balaban J connectivity index is 1.46. The van der Waals surface area contributed by atoms with Crippen molar-refractivity contribution < 1.29 is 5.11 Å². The number of fused-ring (bicyclic) bond motifs is 1. The fourth-order valence-electron chi connectivity index (χ4n) is 3.03. The van der Waals surface area contributed by atoms with Crippen LogP contribution >= 0.6 is 23.1 Å². The highest BCUT2D eigenvalue weighted by atomic mass is 32.2. The minimum atomic E-state index is -0.203. The van der Waals surface area contributed by atoms with Gasteiger partial charge in [0.1, 0.15) is 0 Å². The number of hydrogen-bond acceptors (Lipinski definition) is 4. The third-order valence-electron chi connectivity index (χ3n) is 4.56. The number of aromatic nitrogens is 1. The largest absolute Gasteiger partial charge is 0.392 e. The van der Waals surface area contributed by atoms with Gasteiger partial charge in [-0.25, -0.2) is 4.98 Å². The molecule has 0 amide bonds. The Morgan fingerprint density at radius 2 is 1.60 bits per heavy atom. The molecule has 0 aliphatic heterocycles. The monoisotopic (exact) mass is 379 g/mol. The van der Waals surface area contributed by atoms with Crippen LogP contribution in [0.1, 0.15) is 77.6 Å². The molecule has 2 aromatic rings. The van der Waals surface area contributed by atoms with Gasteiger partial charge in [-0.3, -0.25) is 0 Å². The predicted molar refractivity (Wildman–Crippen MR) is 113 cm³/mol. The molecule has 0 fully saturated rings. The van der Waals surface area contributed by atoms with Gasteiger partial charge in [-0.15, -0.1) is 11.3 Å². The molecule has 0 saturated heterocycles. The summed E-state index contributed by atoms with van der Waals surface area (Å²) in [6, 6.07) is 8.24. The Labute approximate surface area is 161 Å². The molecular formula is C21H33NOS2. The summed E-state index contributed by atoms with van der Waals surface area (Å²) in [5, 5.41) is 10.2. The summed E-state index contributed by atoms with van der Waals surface area (Å²) in [5.41, 5.74) is 1.07. The maximum Gasteiger partial charge on any atom is 0.151 e. The number of para-hydroxylation sites is 1. The number of benzene rings is 1. The Hall–Kier alpha value is -0.580. The van der Waals surface area contributed by atoms with Crippen LogP contribution in [0.25, 0.3) is 10.2 Å². The molecule has 1 N–H and O–H groups in total. The summed E-state index contributed by atoms with van der Waals surface area (Å²) in [7, 11) is 0.